The number of aliphatic hydroxyl groups excluding tert-OH is 1. The Labute approximate surface area is 124 Å². The highest BCUT2D eigenvalue weighted by molar-refractivity contribution is 6.30. The first-order chi connectivity index (χ1) is 9.69. The first-order valence-corrected chi connectivity index (χ1v) is 7.80. The molecule has 1 saturated carbocycles. The fourth-order valence-corrected chi connectivity index (χ4v) is 3.28. The molecule has 1 fully saturated rings. The topological polar surface area (TPSA) is 38.7 Å². The monoisotopic (exact) mass is 296 g/mol. The molecule has 0 spiro atoms. The van der Waals surface area contributed by atoms with Crippen LogP contribution >= 0.6 is 11.6 Å². The molecule has 4 heteroatoms. The molecule has 3 nitrogen and oxygen atoms in total. The van der Waals surface area contributed by atoms with E-state index in [-0.39, 0.29) is 6.10 Å². The lowest BCUT2D eigenvalue weighted by molar-refractivity contribution is -0.0441. The molecule has 0 saturated heterocycles. The summed E-state index contributed by atoms with van der Waals surface area (Å²) < 4.78 is 11.4. The Morgan fingerprint density at radius 3 is 2.95 bits per heavy atom. The Morgan fingerprint density at radius 2 is 2.25 bits per heavy atom. The number of benzene rings is 1. The fraction of sp³-hybridized carbons (Fsp3) is 0.625. The van der Waals surface area contributed by atoms with Gasteiger partial charge in [-0.3, -0.25) is 0 Å². The molecule has 0 amide bonds. The molecule has 110 valence electrons. The number of hydrogen-bond donors (Lipinski definition) is 1. The number of hydrogen-bond acceptors (Lipinski definition) is 3. The van der Waals surface area contributed by atoms with Crippen LogP contribution < -0.4 is 4.74 Å². The summed E-state index contributed by atoms with van der Waals surface area (Å²) in [4.78, 5) is 0. The van der Waals surface area contributed by atoms with Gasteiger partial charge in [0.15, 0.2) is 0 Å². The number of fused-ring (bicyclic) bond motifs is 1. The molecule has 1 aliphatic carbocycles. The SMILES string of the molecule is CCOC(C(O)Cc1cc(Cl)cc2c1OCC2)C1CC1. The standard InChI is InChI=1S/C16H21ClO3/c1-2-19-16(10-3-4-10)14(18)9-12-8-13(17)7-11-5-6-20-15(11)12/h7-8,10,14,16,18H,2-6,9H2,1H3. The molecule has 1 heterocycles. The van der Waals surface area contributed by atoms with Gasteiger partial charge in [0.2, 0.25) is 0 Å². The van der Waals surface area contributed by atoms with Crippen molar-refractivity contribution < 1.29 is 14.6 Å². The second-order valence-electron chi connectivity index (χ2n) is 5.68. The molecule has 2 unspecified atom stereocenters. The van der Waals surface area contributed by atoms with Crippen LogP contribution in [0.3, 0.4) is 0 Å². The second-order valence-corrected chi connectivity index (χ2v) is 6.12. The van der Waals surface area contributed by atoms with Crippen LogP contribution in [0.25, 0.3) is 0 Å². The van der Waals surface area contributed by atoms with E-state index >= 15 is 0 Å². The van der Waals surface area contributed by atoms with E-state index in [0.29, 0.717) is 25.6 Å². The van der Waals surface area contributed by atoms with Gasteiger partial charge in [-0.2, -0.15) is 0 Å². The summed E-state index contributed by atoms with van der Waals surface area (Å²) in [6.07, 6.45) is 3.21. The van der Waals surface area contributed by atoms with Gasteiger partial charge in [-0.1, -0.05) is 11.6 Å². The Morgan fingerprint density at radius 1 is 1.45 bits per heavy atom. The summed E-state index contributed by atoms with van der Waals surface area (Å²) in [5.41, 5.74) is 2.15. The maximum absolute atomic E-state index is 10.5. The van der Waals surface area contributed by atoms with Crippen molar-refractivity contribution in [3.63, 3.8) is 0 Å². The third-order valence-electron chi connectivity index (χ3n) is 4.08. The summed E-state index contributed by atoms with van der Waals surface area (Å²) in [5.74, 6) is 1.43. The van der Waals surface area contributed by atoms with Crippen LogP contribution in [0.1, 0.15) is 30.9 Å². The largest absolute Gasteiger partial charge is 0.493 e. The highest BCUT2D eigenvalue weighted by atomic mass is 35.5. The normalized spacial score (nSPS) is 20.4. The smallest absolute Gasteiger partial charge is 0.126 e. The van der Waals surface area contributed by atoms with E-state index in [1.165, 1.54) is 0 Å². The predicted molar refractivity (Wildman–Crippen MR) is 78.5 cm³/mol. The van der Waals surface area contributed by atoms with E-state index in [0.717, 1.165) is 41.2 Å². The van der Waals surface area contributed by atoms with Crippen molar-refractivity contribution >= 4 is 11.6 Å². The van der Waals surface area contributed by atoms with Crippen molar-refractivity contribution in [2.45, 2.75) is 44.8 Å². The van der Waals surface area contributed by atoms with Crippen molar-refractivity contribution in [1.82, 2.24) is 0 Å². The number of ether oxygens (including phenoxy) is 2. The van der Waals surface area contributed by atoms with Gasteiger partial charge in [0.05, 0.1) is 18.8 Å². The van der Waals surface area contributed by atoms with Crippen LogP contribution in [0.15, 0.2) is 12.1 Å². The predicted octanol–water partition coefficient (Wildman–Crippen LogP) is 2.99. The van der Waals surface area contributed by atoms with Crippen molar-refractivity contribution in [3.05, 3.63) is 28.3 Å². The van der Waals surface area contributed by atoms with Crippen LogP contribution in [0.4, 0.5) is 0 Å². The summed E-state index contributed by atoms with van der Waals surface area (Å²) in [6, 6.07) is 3.87. The quantitative estimate of drug-likeness (QED) is 0.877. The van der Waals surface area contributed by atoms with E-state index in [2.05, 4.69) is 0 Å². The van der Waals surface area contributed by atoms with E-state index in [9.17, 15) is 5.11 Å². The van der Waals surface area contributed by atoms with Crippen LogP contribution in [-0.4, -0.2) is 30.5 Å². The Kier molecular flexibility index (Phi) is 4.20. The highest BCUT2D eigenvalue weighted by Gasteiger charge is 2.37. The average molecular weight is 297 g/mol. The minimum atomic E-state index is -0.491. The molecule has 1 aromatic rings. The van der Waals surface area contributed by atoms with Gasteiger partial charge in [0.1, 0.15) is 5.75 Å². The van der Waals surface area contributed by atoms with Gasteiger partial charge in [-0.05, 0) is 48.9 Å². The van der Waals surface area contributed by atoms with Crippen molar-refractivity contribution in [1.29, 1.82) is 0 Å². The average Bonchev–Trinajstić information content (AvgIpc) is 3.13. The highest BCUT2D eigenvalue weighted by Crippen LogP contribution is 2.38. The summed E-state index contributed by atoms with van der Waals surface area (Å²) in [6.45, 7) is 3.32. The van der Waals surface area contributed by atoms with Crippen molar-refractivity contribution in [2.75, 3.05) is 13.2 Å². The van der Waals surface area contributed by atoms with E-state index in [1.807, 2.05) is 19.1 Å². The molecule has 1 N–H and O–H groups in total. The van der Waals surface area contributed by atoms with Crippen LogP contribution in [0.2, 0.25) is 5.02 Å². The van der Waals surface area contributed by atoms with Gasteiger partial charge < -0.3 is 14.6 Å². The number of halogens is 1. The molecule has 1 aliphatic heterocycles. The molecule has 2 atom stereocenters. The maximum Gasteiger partial charge on any atom is 0.126 e. The molecule has 20 heavy (non-hydrogen) atoms. The van der Waals surface area contributed by atoms with E-state index in [4.69, 9.17) is 21.1 Å². The van der Waals surface area contributed by atoms with E-state index < -0.39 is 6.10 Å². The van der Waals surface area contributed by atoms with Crippen LogP contribution in [0.5, 0.6) is 5.75 Å². The summed E-state index contributed by atoms with van der Waals surface area (Å²) in [7, 11) is 0. The minimum absolute atomic E-state index is 0.0592. The van der Waals surface area contributed by atoms with Gasteiger partial charge in [0.25, 0.3) is 0 Å². The first kappa shape index (κ1) is 14.2. The number of rotatable bonds is 6. The Bertz CT molecular complexity index is 485. The zero-order chi connectivity index (χ0) is 14.1. The van der Waals surface area contributed by atoms with E-state index in [1.54, 1.807) is 0 Å². The Balaban J connectivity index is 1.76. The van der Waals surface area contributed by atoms with Crippen LogP contribution in [-0.2, 0) is 17.6 Å². The zero-order valence-corrected chi connectivity index (χ0v) is 12.5. The van der Waals surface area contributed by atoms with Crippen molar-refractivity contribution in [2.24, 2.45) is 5.92 Å². The van der Waals surface area contributed by atoms with Crippen molar-refractivity contribution in [3.8, 4) is 5.75 Å². The maximum atomic E-state index is 10.5. The molecular formula is C16H21ClO3. The van der Waals surface area contributed by atoms with Crippen LogP contribution in [0, 0.1) is 5.92 Å². The molecule has 2 aliphatic rings. The molecule has 0 radical (unpaired) electrons. The van der Waals surface area contributed by atoms with Gasteiger partial charge in [0, 0.05) is 24.5 Å². The summed E-state index contributed by atoms with van der Waals surface area (Å²) in [5, 5.41) is 11.2. The second kappa shape index (κ2) is 5.92. The van der Waals surface area contributed by atoms with Gasteiger partial charge >= 0.3 is 0 Å². The zero-order valence-electron chi connectivity index (χ0n) is 11.8. The third kappa shape index (κ3) is 2.95. The third-order valence-corrected chi connectivity index (χ3v) is 4.30. The molecule has 0 bridgehead atoms. The van der Waals surface area contributed by atoms with Gasteiger partial charge in [-0.15, -0.1) is 0 Å². The fourth-order valence-electron chi connectivity index (χ4n) is 3.02. The lowest BCUT2D eigenvalue weighted by atomic mass is 9.98. The minimum Gasteiger partial charge on any atom is -0.493 e. The molecule has 0 aromatic heterocycles. The Hall–Kier alpha value is -0.770. The molecule has 1 aromatic carbocycles. The first-order valence-electron chi connectivity index (χ1n) is 7.42. The summed E-state index contributed by atoms with van der Waals surface area (Å²) >= 11 is 6.16. The lowest BCUT2D eigenvalue weighted by Gasteiger charge is -2.23. The lowest BCUT2D eigenvalue weighted by Crippen LogP contribution is -2.33. The number of aliphatic hydroxyl groups is 1. The van der Waals surface area contributed by atoms with Gasteiger partial charge in [-0.25, -0.2) is 0 Å². The molecular weight excluding hydrogens is 276 g/mol. The molecule has 3 rings (SSSR count).